The van der Waals surface area contributed by atoms with E-state index in [0.29, 0.717) is 11.7 Å². The number of hydrogen-bond acceptors (Lipinski definition) is 3. The molecule has 1 aliphatic rings. The van der Waals surface area contributed by atoms with Gasteiger partial charge in [-0.3, -0.25) is 4.68 Å². The Morgan fingerprint density at radius 2 is 1.80 bits per heavy atom. The van der Waals surface area contributed by atoms with Crippen molar-refractivity contribution in [3.05, 3.63) is 11.9 Å². The maximum absolute atomic E-state index is 10.9. The van der Waals surface area contributed by atoms with Crippen LogP contribution in [0, 0.1) is 5.92 Å². The molecule has 1 saturated carbocycles. The highest BCUT2D eigenvalue weighted by Gasteiger charge is 2.28. The smallest absolute Gasteiger partial charge is 0.162 e. The predicted molar refractivity (Wildman–Crippen MR) is 79.9 cm³/mol. The fourth-order valence-electron chi connectivity index (χ4n) is 3.23. The molecule has 0 saturated heterocycles. The molecule has 114 valence electrons. The van der Waals surface area contributed by atoms with Gasteiger partial charge in [0.1, 0.15) is 11.8 Å². The monoisotopic (exact) mass is 280 g/mol. The zero-order valence-electron chi connectivity index (χ0n) is 13.0. The zero-order chi connectivity index (χ0) is 14.5. The molecular formula is C16H28N2O2. The van der Waals surface area contributed by atoms with Crippen molar-refractivity contribution in [2.45, 2.75) is 70.9 Å². The highest BCUT2D eigenvalue weighted by Crippen LogP contribution is 2.37. The van der Waals surface area contributed by atoms with Crippen LogP contribution in [0.2, 0.25) is 0 Å². The second kappa shape index (κ2) is 7.11. The first-order chi connectivity index (χ1) is 9.65. The summed E-state index contributed by atoms with van der Waals surface area (Å²) in [6.45, 7) is 4.17. The molecule has 1 aromatic rings. The van der Waals surface area contributed by atoms with E-state index < -0.39 is 6.10 Å². The van der Waals surface area contributed by atoms with E-state index in [4.69, 9.17) is 4.74 Å². The van der Waals surface area contributed by atoms with Crippen molar-refractivity contribution in [1.29, 1.82) is 0 Å². The van der Waals surface area contributed by atoms with E-state index >= 15 is 0 Å². The van der Waals surface area contributed by atoms with E-state index in [1.807, 2.05) is 4.68 Å². The number of ether oxygens (including phenoxy) is 1. The Labute approximate surface area is 122 Å². The van der Waals surface area contributed by atoms with E-state index in [1.165, 1.54) is 32.1 Å². The molecule has 0 spiro atoms. The number of rotatable bonds is 4. The molecule has 1 unspecified atom stereocenters. The average Bonchev–Trinajstić information content (AvgIpc) is 2.81. The van der Waals surface area contributed by atoms with Gasteiger partial charge in [0.25, 0.3) is 0 Å². The van der Waals surface area contributed by atoms with Gasteiger partial charge in [-0.2, -0.15) is 5.10 Å². The molecule has 0 amide bonds. The third-order valence-electron chi connectivity index (χ3n) is 4.38. The number of hydrogen-bond donors (Lipinski definition) is 1. The minimum atomic E-state index is -0.465. The van der Waals surface area contributed by atoms with Crippen molar-refractivity contribution in [3.63, 3.8) is 0 Å². The van der Waals surface area contributed by atoms with Crippen LogP contribution in [0.1, 0.15) is 76.6 Å². The van der Waals surface area contributed by atoms with Crippen LogP contribution in [-0.4, -0.2) is 22.0 Å². The van der Waals surface area contributed by atoms with Crippen molar-refractivity contribution in [1.82, 2.24) is 9.78 Å². The highest BCUT2D eigenvalue weighted by molar-refractivity contribution is 5.28. The van der Waals surface area contributed by atoms with E-state index in [2.05, 4.69) is 18.9 Å². The summed E-state index contributed by atoms with van der Waals surface area (Å²) < 4.78 is 7.31. The van der Waals surface area contributed by atoms with Gasteiger partial charge in [0.15, 0.2) is 5.75 Å². The second-order valence-electron chi connectivity index (χ2n) is 6.19. The Hall–Kier alpha value is -1.03. The maximum atomic E-state index is 10.9. The summed E-state index contributed by atoms with van der Waals surface area (Å²) in [6.07, 6.45) is 9.85. The van der Waals surface area contributed by atoms with Crippen molar-refractivity contribution in [3.8, 4) is 5.75 Å². The van der Waals surface area contributed by atoms with Gasteiger partial charge in [-0.25, -0.2) is 0 Å². The lowest BCUT2D eigenvalue weighted by molar-refractivity contribution is 0.0791. The van der Waals surface area contributed by atoms with Gasteiger partial charge in [0, 0.05) is 6.04 Å². The Kier molecular flexibility index (Phi) is 5.46. The number of aromatic nitrogens is 2. The molecule has 1 atom stereocenters. The first kappa shape index (κ1) is 15.4. The summed E-state index contributed by atoms with van der Waals surface area (Å²) >= 11 is 0. The lowest BCUT2D eigenvalue weighted by atomic mass is 9.86. The molecular weight excluding hydrogens is 252 g/mol. The lowest BCUT2D eigenvalue weighted by Gasteiger charge is -2.26. The topological polar surface area (TPSA) is 47.3 Å². The van der Waals surface area contributed by atoms with Crippen LogP contribution in [-0.2, 0) is 0 Å². The number of aliphatic hydroxyl groups is 1. The van der Waals surface area contributed by atoms with E-state index in [1.54, 1.807) is 13.3 Å². The molecule has 1 fully saturated rings. The molecule has 0 bridgehead atoms. The predicted octanol–water partition coefficient (Wildman–Crippen LogP) is 3.87. The van der Waals surface area contributed by atoms with Gasteiger partial charge >= 0.3 is 0 Å². The van der Waals surface area contributed by atoms with Gasteiger partial charge < -0.3 is 9.84 Å². The Morgan fingerprint density at radius 3 is 2.35 bits per heavy atom. The van der Waals surface area contributed by atoms with Crippen LogP contribution in [0.15, 0.2) is 6.20 Å². The Bertz CT molecular complexity index is 407. The summed E-state index contributed by atoms with van der Waals surface area (Å²) in [5.41, 5.74) is 0.855. The highest BCUT2D eigenvalue weighted by atomic mass is 16.5. The standard InChI is InChI=1S/C16H28N2O2/c1-12(2)18-15(14(20-3)11-17-18)16(19)13-9-7-5-4-6-8-10-13/h11-13,16,19H,4-10H2,1-3H3. The SMILES string of the molecule is COc1cnn(C(C)C)c1C(O)C1CCCCCCC1. The molecule has 4 nitrogen and oxygen atoms in total. The maximum Gasteiger partial charge on any atom is 0.162 e. The molecule has 0 aliphatic heterocycles. The largest absolute Gasteiger partial charge is 0.493 e. The average molecular weight is 280 g/mol. The third-order valence-corrected chi connectivity index (χ3v) is 4.38. The van der Waals surface area contributed by atoms with Gasteiger partial charge in [-0.05, 0) is 32.6 Å². The lowest BCUT2D eigenvalue weighted by Crippen LogP contribution is -2.20. The first-order valence-corrected chi connectivity index (χ1v) is 7.94. The Balaban J connectivity index is 2.21. The van der Waals surface area contributed by atoms with E-state index in [-0.39, 0.29) is 6.04 Å². The minimum absolute atomic E-state index is 0.233. The summed E-state index contributed by atoms with van der Waals surface area (Å²) in [5, 5.41) is 15.2. The summed E-state index contributed by atoms with van der Waals surface area (Å²) in [4.78, 5) is 0. The second-order valence-corrected chi connectivity index (χ2v) is 6.19. The van der Waals surface area contributed by atoms with Crippen LogP contribution in [0.5, 0.6) is 5.75 Å². The minimum Gasteiger partial charge on any atom is -0.493 e. The van der Waals surface area contributed by atoms with Crippen LogP contribution in [0.3, 0.4) is 0 Å². The number of nitrogens with zero attached hydrogens (tertiary/aromatic N) is 2. The van der Waals surface area contributed by atoms with Gasteiger partial charge in [-0.1, -0.05) is 32.1 Å². The molecule has 20 heavy (non-hydrogen) atoms. The molecule has 2 rings (SSSR count). The van der Waals surface area contributed by atoms with Crippen molar-refractivity contribution in [2.75, 3.05) is 7.11 Å². The van der Waals surface area contributed by atoms with Gasteiger partial charge in [0.05, 0.1) is 13.3 Å². The van der Waals surface area contributed by atoms with Crippen LogP contribution in [0.25, 0.3) is 0 Å². The van der Waals surface area contributed by atoms with Crippen LogP contribution < -0.4 is 4.74 Å². The normalized spacial score (nSPS) is 19.6. The van der Waals surface area contributed by atoms with Crippen molar-refractivity contribution >= 4 is 0 Å². The zero-order valence-corrected chi connectivity index (χ0v) is 13.0. The molecule has 1 heterocycles. The molecule has 1 aliphatic carbocycles. The summed E-state index contributed by atoms with van der Waals surface area (Å²) in [6, 6.07) is 0.233. The van der Waals surface area contributed by atoms with Crippen LogP contribution >= 0.6 is 0 Å². The first-order valence-electron chi connectivity index (χ1n) is 7.94. The van der Waals surface area contributed by atoms with Gasteiger partial charge in [0.2, 0.25) is 0 Å². The fourth-order valence-corrected chi connectivity index (χ4v) is 3.23. The molecule has 4 heteroatoms. The third kappa shape index (κ3) is 3.35. The number of aliphatic hydroxyl groups excluding tert-OH is 1. The van der Waals surface area contributed by atoms with Crippen molar-refractivity contribution in [2.24, 2.45) is 5.92 Å². The van der Waals surface area contributed by atoms with Gasteiger partial charge in [-0.15, -0.1) is 0 Å². The van der Waals surface area contributed by atoms with E-state index in [0.717, 1.165) is 18.5 Å². The fraction of sp³-hybridized carbons (Fsp3) is 0.812. The van der Waals surface area contributed by atoms with Crippen molar-refractivity contribution < 1.29 is 9.84 Å². The molecule has 0 aromatic carbocycles. The van der Waals surface area contributed by atoms with E-state index in [9.17, 15) is 5.11 Å². The quantitative estimate of drug-likeness (QED) is 0.910. The molecule has 1 N–H and O–H groups in total. The molecule has 0 radical (unpaired) electrons. The van der Waals surface area contributed by atoms with Crippen LogP contribution in [0.4, 0.5) is 0 Å². The number of methoxy groups -OCH3 is 1. The summed E-state index contributed by atoms with van der Waals surface area (Å²) in [5.74, 6) is 1.05. The summed E-state index contributed by atoms with van der Waals surface area (Å²) in [7, 11) is 1.65. The molecule has 1 aromatic heterocycles. The Morgan fingerprint density at radius 1 is 1.20 bits per heavy atom.